The van der Waals surface area contributed by atoms with Gasteiger partial charge in [0.1, 0.15) is 11.6 Å². The van der Waals surface area contributed by atoms with Gasteiger partial charge >= 0.3 is 0 Å². The van der Waals surface area contributed by atoms with Gasteiger partial charge in [0.25, 0.3) is 0 Å². The molecule has 0 radical (unpaired) electrons. The van der Waals surface area contributed by atoms with E-state index >= 15 is 0 Å². The Hall–Kier alpha value is -2.55. The molecular formula is C34H48O3. The molecule has 0 spiro atoms. The number of ketones is 3. The molecule has 202 valence electrons. The summed E-state index contributed by atoms with van der Waals surface area (Å²) < 4.78 is 0. The molecule has 0 fully saturated rings. The Labute approximate surface area is 225 Å². The maximum atomic E-state index is 13.4. The molecule has 2 aromatic carbocycles. The van der Waals surface area contributed by atoms with Gasteiger partial charge in [0.15, 0.2) is 5.78 Å². The largest absolute Gasteiger partial charge is 0.300 e. The van der Waals surface area contributed by atoms with Crippen molar-refractivity contribution in [3.05, 3.63) is 58.7 Å². The van der Waals surface area contributed by atoms with E-state index in [0.717, 1.165) is 49.7 Å². The van der Waals surface area contributed by atoms with E-state index in [9.17, 15) is 14.4 Å². The van der Waals surface area contributed by atoms with Crippen molar-refractivity contribution in [1.82, 2.24) is 0 Å². The van der Waals surface area contributed by atoms with Gasteiger partial charge in [-0.1, -0.05) is 90.3 Å². The van der Waals surface area contributed by atoms with E-state index in [1.807, 2.05) is 6.92 Å². The highest BCUT2D eigenvalue weighted by Crippen LogP contribution is 2.40. The van der Waals surface area contributed by atoms with Gasteiger partial charge in [-0.05, 0) is 79.2 Å². The first-order valence-corrected chi connectivity index (χ1v) is 14.5. The molecule has 3 nitrogen and oxygen atoms in total. The first-order valence-electron chi connectivity index (χ1n) is 14.5. The van der Waals surface area contributed by atoms with E-state index in [4.69, 9.17) is 0 Å². The number of aryl methyl sites for hydroxylation is 2. The zero-order valence-electron chi connectivity index (χ0n) is 24.3. The van der Waals surface area contributed by atoms with Crippen molar-refractivity contribution in [1.29, 1.82) is 0 Å². The molecule has 3 unspecified atom stereocenters. The molecule has 3 heteroatoms. The highest BCUT2D eigenvalue weighted by Gasteiger charge is 2.34. The minimum absolute atomic E-state index is 0.0300. The van der Waals surface area contributed by atoms with Crippen LogP contribution in [-0.4, -0.2) is 17.3 Å². The van der Waals surface area contributed by atoms with E-state index in [-0.39, 0.29) is 41.5 Å². The van der Waals surface area contributed by atoms with Gasteiger partial charge in [-0.25, -0.2) is 0 Å². The van der Waals surface area contributed by atoms with Crippen molar-refractivity contribution in [2.75, 3.05) is 0 Å². The van der Waals surface area contributed by atoms with E-state index in [0.29, 0.717) is 6.42 Å². The van der Waals surface area contributed by atoms with Crippen LogP contribution in [0.1, 0.15) is 114 Å². The fraction of sp³-hybridized carbons (Fsp3) is 0.559. The van der Waals surface area contributed by atoms with Crippen molar-refractivity contribution in [2.24, 2.45) is 17.8 Å². The second kappa shape index (κ2) is 15.0. The molecule has 0 amide bonds. The number of Topliss-reactive ketones (excluding diaryl/α,β-unsaturated/α-hetero) is 3. The van der Waals surface area contributed by atoms with Gasteiger partial charge < -0.3 is 0 Å². The van der Waals surface area contributed by atoms with Gasteiger partial charge in [-0.2, -0.15) is 0 Å². The van der Waals surface area contributed by atoms with Gasteiger partial charge in [0.2, 0.25) is 0 Å². The summed E-state index contributed by atoms with van der Waals surface area (Å²) in [4.78, 5) is 37.8. The van der Waals surface area contributed by atoms with Crippen molar-refractivity contribution >= 4 is 17.3 Å². The van der Waals surface area contributed by atoms with Crippen molar-refractivity contribution in [3.8, 4) is 11.1 Å². The van der Waals surface area contributed by atoms with Crippen molar-refractivity contribution in [2.45, 2.75) is 106 Å². The van der Waals surface area contributed by atoms with E-state index in [1.54, 1.807) is 0 Å². The summed E-state index contributed by atoms with van der Waals surface area (Å²) >= 11 is 0. The Morgan fingerprint density at radius 2 is 1.70 bits per heavy atom. The topological polar surface area (TPSA) is 51.2 Å². The molecule has 1 aliphatic rings. The zero-order valence-corrected chi connectivity index (χ0v) is 24.3. The standard InChI is InChI=1S/C31H40O3.C3H8/c1-6-10-24(26(8-3)29(33)15-21(5)32)17-23-18-28-27(25-12-9-11-22(7-2)16-25)14-13-20(4)31(28)30(34)19-23;1-3-2/h9,11-14,16,23-24,26H,6-8,10,15,17-19H2,1-5H3;3H2,1-2H3. The summed E-state index contributed by atoms with van der Waals surface area (Å²) in [6.07, 6.45) is 7.25. The number of carbonyl (C=O) groups excluding carboxylic acids is 3. The number of benzene rings is 2. The lowest BCUT2D eigenvalue weighted by molar-refractivity contribution is -0.129. The number of hydrogen-bond acceptors (Lipinski definition) is 3. The maximum Gasteiger partial charge on any atom is 0.163 e. The summed E-state index contributed by atoms with van der Waals surface area (Å²) in [5.41, 5.74) is 6.78. The Kier molecular flexibility index (Phi) is 12.4. The first kappa shape index (κ1) is 30.7. The number of rotatable bonds is 11. The minimum atomic E-state index is -0.0986. The predicted octanol–water partition coefficient (Wildman–Crippen LogP) is 8.77. The third-order valence-corrected chi connectivity index (χ3v) is 7.55. The summed E-state index contributed by atoms with van der Waals surface area (Å²) in [5, 5.41) is 0. The molecule has 2 aromatic rings. The molecule has 3 rings (SSSR count). The first-order chi connectivity index (χ1) is 17.7. The van der Waals surface area contributed by atoms with Crippen LogP contribution in [0.2, 0.25) is 0 Å². The fourth-order valence-electron chi connectivity index (χ4n) is 5.97. The van der Waals surface area contributed by atoms with E-state index in [2.05, 4.69) is 71.0 Å². The molecule has 0 N–H and O–H groups in total. The summed E-state index contributed by atoms with van der Waals surface area (Å²) in [6, 6.07) is 12.9. The maximum absolute atomic E-state index is 13.4. The highest BCUT2D eigenvalue weighted by molar-refractivity contribution is 6.02. The lowest BCUT2D eigenvalue weighted by Gasteiger charge is -2.32. The molecule has 0 aliphatic heterocycles. The van der Waals surface area contributed by atoms with Crippen LogP contribution < -0.4 is 0 Å². The van der Waals surface area contributed by atoms with Crippen LogP contribution in [0.5, 0.6) is 0 Å². The number of carbonyl (C=O) groups is 3. The molecule has 37 heavy (non-hydrogen) atoms. The second-order valence-corrected chi connectivity index (χ2v) is 10.9. The van der Waals surface area contributed by atoms with Crippen molar-refractivity contribution in [3.63, 3.8) is 0 Å². The summed E-state index contributed by atoms with van der Waals surface area (Å²) in [5.74, 6) is 0.594. The Balaban J connectivity index is 0.00000153. The molecular weight excluding hydrogens is 456 g/mol. The summed E-state index contributed by atoms with van der Waals surface area (Å²) in [7, 11) is 0. The molecule has 0 saturated carbocycles. The normalized spacial score (nSPS) is 16.3. The molecule has 0 bridgehead atoms. The molecule has 3 atom stereocenters. The Morgan fingerprint density at radius 1 is 1.00 bits per heavy atom. The van der Waals surface area contributed by atoms with Gasteiger partial charge in [-0.15, -0.1) is 0 Å². The molecule has 1 aliphatic carbocycles. The summed E-state index contributed by atoms with van der Waals surface area (Å²) in [6.45, 7) is 14.1. The molecule has 0 saturated heterocycles. The molecule has 0 heterocycles. The average Bonchev–Trinajstić information content (AvgIpc) is 2.84. The fourth-order valence-corrected chi connectivity index (χ4v) is 5.97. The van der Waals surface area contributed by atoms with E-state index < -0.39 is 0 Å². The lowest BCUT2D eigenvalue weighted by atomic mass is 9.71. The van der Waals surface area contributed by atoms with Gasteiger partial charge in [-0.3, -0.25) is 14.4 Å². The average molecular weight is 505 g/mol. The third kappa shape index (κ3) is 8.22. The minimum Gasteiger partial charge on any atom is -0.300 e. The van der Waals surface area contributed by atoms with Crippen LogP contribution in [0.4, 0.5) is 0 Å². The smallest absolute Gasteiger partial charge is 0.163 e. The quantitative estimate of drug-likeness (QED) is 0.287. The third-order valence-electron chi connectivity index (χ3n) is 7.55. The van der Waals surface area contributed by atoms with E-state index in [1.165, 1.54) is 35.6 Å². The Morgan fingerprint density at radius 3 is 2.30 bits per heavy atom. The SMILES string of the molecule is CCC.CCCC(CC1CC(=O)c2c(C)ccc(-c3cccc(CC)c3)c2C1)C(CC)C(=O)CC(C)=O. The second-order valence-electron chi connectivity index (χ2n) is 10.9. The van der Waals surface area contributed by atoms with Crippen LogP contribution in [0.3, 0.4) is 0 Å². The predicted molar refractivity (Wildman–Crippen MR) is 155 cm³/mol. The van der Waals surface area contributed by atoms with Gasteiger partial charge in [0, 0.05) is 17.9 Å². The van der Waals surface area contributed by atoms with Crippen LogP contribution >= 0.6 is 0 Å². The van der Waals surface area contributed by atoms with Crippen molar-refractivity contribution < 1.29 is 14.4 Å². The van der Waals surface area contributed by atoms with Gasteiger partial charge in [0.05, 0.1) is 6.42 Å². The van der Waals surface area contributed by atoms with Crippen LogP contribution in [-0.2, 0) is 22.4 Å². The number of fused-ring (bicyclic) bond motifs is 1. The van der Waals surface area contributed by atoms with Crippen LogP contribution in [0.15, 0.2) is 36.4 Å². The molecule has 0 aromatic heterocycles. The monoisotopic (exact) mass is 504 g/mol. The lowest BCUT2D eigenvalue weighted by Crippen LogP contribution is -2.30. The Bertz CT molecular complexity index is 1060. The zero-order chi connectivity index (χ0) is 27.5. The van der Waals surface area contributed by atoms with Crippen LogP contribution in [0, 0.1) is 24.7 Å². The highest BCUT2D eigenvalue weighted by atomic mass is 16.1. The number of hydrogen-bond donors (Lipinski definition) is 0. The van der Waals surface area contributed by atoms with Crippen LogP contribution in [0.25, 0.3) is 11.1 Å².